The van der Waals surface area contributed by atoms with Crippen LogP contribution in [-0.4, -0.2) is 37.6 Å². The summed E-state index contributed by atoms with van der Waals surface area (Å²) in [5, 5.41) is 5.48. The van der Waals surface area contributed by atoms with E-state index >= 15 is 0 Å². The SMILES string of the molecule is C[C@@H](CNC(=O)COc1ccc(Br)cc1)NC(=O)COc1ccc(Br)cc1. The number of hydrogen-bond acceptors (Lipinski definition) is 4. The van der Waals surface area contributed by atoms with Crippen molar-refractivity contribution < 1.29 is 19.1 Å². The van der Waals surface area contributed by atoms with E-state index in [9.17, 15) is 9.59 Å². The summed E-state index contributed by atoms with van der Waals surface area (Å²) in [6.45, 7) is 1.92. The molecule has 0 radical (unpaired) electrons. The van der Waals surface area contributed by atoms with Crippen molar-refractivity contribution in [2.75, 3.05) is 19.8 Å². The molecule has 2 aromatic carbocycles. The molecule has 0 saturated heterocycles. The highest BCUT2D eigenvalue weighted by Gasteiger charge is 2.10. The molecular formula is C19H20Br2N2O4. The van der Waals surface area contributed by atoms with Crippen LogP contribution in [0.3, 0.4) is 0 Å². The van der Waals surface area contributed by atoms with E-state index in [1.165, 1.54) is 0 Å². The van der Waals surface area contributed by atoms with Crippen molar-refractivity contribution in [3.63, 3.8) is 0 Å². The first-order valence-corrected chi connectivity index (χ1v) is 9.84. The molecule has 0 aliphatic heterocycles. The molecule has 0 heterocycles. The first kappa shape index (κ1) is 21.2. The van der Waals surface area contributed by atoms with E-state index in [-0.39, 0.29) is 31.1 Å². The van der Waals surface area contributed by atoms with Gasteiger partial charge in [0, 0.05) is 21.5 Å². The zero-order valence-electron chi connectivity index (χ0n) is 14.7. The molecule has 0 fully saturated rings. The number of ether oxygens (including phenoxy) is 2. The highest BCUT2D eigenvalue weighted by molar-refractivity contribution is 9.10. The van der Waals surface area contributed by atoms with E-state index in [0.717, 1.165) is 8.95 Å². The van der Waals surface area contributed by atoms with Crippen LogP contribution in [0.25, 0.3) is 0 Å². The van der Waals surface area contributed by atoms with Gasteiger partial charge in [0.15, 0.2) is 13.2 Å². The van der Waals surface area contributed by atoms with Crippen molar-refractivity contribution in [3.05, 3.63) is 57.5 Å². The third-order valence-corrected chi connectivity index (χ3v) is 4.44. The topological polar surface area (TPSA) is 76.7 Å². The molecule has 1 atom stereocenters. The Morgan fingerprint density at radius 2 is 1.30 bits per heavy atom. The third kappa shape index (κ3) is 8.45. The van der Waals surface area contributed by atoms with Crippen LogP contribution in [0.1, 0.15) is 6.92 Å². The Balaban J connectivity index is 1.62. The zero-order chi connectivity index (χ0) is 19.6. The maximum Gasteiger partial charge on any atom is 0.258 e. The Hall–Kier alpha value is -2.06. The van der Waals surface area contributed by atoms with E-state index in [4.69, 9.17) is 9.47 Å². The average Bonchev–Trinajstić information content (AvgIpc) is 2.65. The van der Waals surface area contributed by atoms with Crippen molar-refractivity contribution in [3.8, 4) is 11.5 Å². The maximum atomic E-state index is 11.9. The number of benzene rings is 2. The first-order chi connectivity index (χ1) is 12.9. The summed E-state index contributed by atoms with van der Waals surface area (Å²) in [5.41, 5.74) is 0. The van der Waals surface area contributed by atoms with Gasteiger partial charge >= 0.3 is 0 Å². The first-order valence-electron chi connectivity index (χ1n) is 8.25. The van der Waals surface area contributed by atoms with Gasteiger partial charge in [-0.2, -0.15) is 0 Å². The lowest BCUT2D eigenvalue weighted by atomic mass is 10.3. The minimum Gasteiger partial charge on any atom is -0.484 e. The number of halogens is 2. The molecule has 2 rings (SSSR count). The Kier molecular flexibility index (Phi) is 8.60. The van der Waals surface area contributed by atoms with Crippen LogP contribution in [0.5, 0.6) is 11.5 Å². The van der Waals surface area contributed by atoms with Crippen LogP contribution in [0.15, 0.2) is 57.5 Å². The molecule has 2 amide bonds. The summed E-state index contributed by atoms with van der Waals surface area (Å²) < 4.78 is 12.7. The van der Waals surface area contributed by atoms with Gasteiger partial charge in [-0.05, 0) is 55.5 Å². The summed E-state index contributed by atoms with van der Waals surface area (Å²) in [5.74, 6) is 0.704. The van der Waals surface area contributed by atoms with Gasteiger partial charge in [0.1, 0.15) is 11.5 Å². The molecular weight excluding hydrogens is 480 g/mol. The summed E-state index contributed by atoms with van der Waals surface area (Å²) in [4.78, 5) is 23.7. The monoisotopic (exact) mass is 498 g/mol. The van der Waals surface area contributed by atoms with Gasteiger partial charge in [0.2, 0.25) is 0 Å². The van der Waals surface area contributed by atoms with E-state index in [2.05, 4.69) is 42.5 Å². The van der Waals surface area contributed by atoms with E-state index in [1.807, 2.05) is 24.3 Å². The van der Waals surface area contributed by atoms with Crippen LogP contribution in [0.4, 0.5) is 0 Å². The van der Waals surface area contributed by atoms with Gasteiger partial charge in [0.05, 0.1) is 0 Å². The predicted molar refractivity (Wildman–Crippen MR) is 110 cm³/mol. The molecule has 27 heavy (non-hydrogen) atoms. The summed E-state index contributed by atoms with van der Waals surface area (Å²) >= 11 is 6.67. The molecule has 0 unspecified atom stereocenters. The minimum atomic E-state index is -0.259. The average molecular weight is 500 g/mol. The summed E-state index contributed by atoms with van der Waals surface area (Å²) in [7, 11) is 0. The van der Waals surface area contributed by atoms with Crippen molar-refractivity contribution in [2.24, 2.45) is 0 Å². The second-order valence-corrected chi connectivity index (χ2v) is 7.59. The lowest BCUT2D eigenvalue weighted by Crippen LogP contribution is -2.44. The van der Waals surface area contributed by atoms with E-state index in [1.54, 1.807) is 31.2 Å². The Morgan fingerprint density at radius 1 is 0.852 bits per heavy atom. The van der Waals surface area contributed by atoms with Gasteiger partial charge in [0.25, 0.3) is 11.8 Å². The fourth-order valence-corrected chi connectivity index (χ4v) is 2.57. The Labute approximate surface area is 174 Å². The molecule has 2 aromatic rings. The third-order valence-electron chi connectivity index (χ3n) is 3.38. The Bertz CT molecular complexity index is 751. The van der Waals surface area contributed by atoms with Gasteiger partial charge in [-0.1, -0.05) is 31.9 Å². The van der Waals surface area contributed by atoms with Crippen LogP contribution in [0.2, 0.25) is 0 Å². The molecule has 0 spiro atoms. The predicted octanol–water partition coefficient (Wildman–Crippen LogP) is 3.29. The smallest absolute Gasteiger partial charge is 0.258 e. The van der Waals surface area contributed by atoms with Crippen molar-refractivity contribution in [1.29, 1.82) is 0 Å². The second kappa shape index (κ2) is 10.9. The van der Waals surface area contributed by atoms with Gasteiger partial charge in [-0.25, -0.2) is 0 Å². The van der Waals surface area contributed by atoms with Gasteiger partial charge < -0.3 is 20.1 Å². The molecule has 2 N–H and O–H groups in total. The van der Waals surface area contributed by atoms with Crippen LogP contribution in [-0.2, 0) is 9.59 Å². The molecule has 0 aliphatic rings. The standard InChI is InChI=1S/C19H20Br2N2O4/c1-13(23-19(25)12-27-17-8-4-15(21)5-9-17)10-22-18(24)11-26-16-6-2-14(20)3-7-16/h2-9,13H,10-12H2,1H3,(H,22,24)(H,23,25)/t13-/m0/s1. The highest BCUT2D eigenvalue weighted by atomic mass is 79.9. The molecule has 0 saturated carbocycles. The number of nitrogens with one attached hydrogen (secondary N) is 2. The molecule has 0 bridgehead atoms. The number of rotatable bonds is 9. The summed E-state index contributed by atoms with van der Waals surface area (Å²) in [6, 6.07) is 14.2. The molecule has 0 aliphatic carbocycles. The normalized spacial score (nSPS) is 11.4. The quantitative estimate of drug-likeness (QED) is 0.555. The van der Waals surface area contributed by atoms with Gasteiger partial charge in [-0.3, -0.25) is 9.59 Å². The van der Waals surface area contributed by atoms with E-state index < -0.39 is 0 Å². The zero-order valence-corrected chi connectivity index (χ0v) is 17.9. The highest BCUT2D eigenvalue weighted by Crippen LogP contribution is 2.16. The number of carbonyl (C=O) groups is 2. The second-order valence-electron chi connectivity index (χ2n) is 5.76. The van der Waals surface area contributed by atoms with Gasteiger partial charge in [-0.15, -0.1) is 0 Å². The summed E-state index contributed by atoms with van der Waals surface area (Å²) in [6.07, 6.45) is 0. The largest absolute Gasteiger partial charge is 0.484 e. The lowest BCUT2D eigenvalue weighted by Gasteiger charge is -2.15. The molecule has 6 nitrogen and oxygen atoms in total. The van der Waals surface area contributed by atoms with Crippen molar-refractivity contribution in [1.82, 2.24) is 10.6 Å². The maximum absolute atomic E-state index is 11.9. The van der Waals surface area contributed by atoms with Crippen LogP contribution in [0, 0.1) is 0 Å². The number of hydrogen-bond donors (Lipinski definition) is 2. The fraction of sp³-hybridized carbons (Fsp3) is 0.263. The van der Waals surface area contributed by atoms with Crippen LogP contribution < -0.4 is 20.1 Å². The Morgan fingerprint density at radius 3 is 1.78 bits per heavy atom. The fourth-order valence-electron chi connectivity index (χ4n) is 2.04. The van der Waals surface area contributed by atoms with Crippen molar-refractivity contribution in [2.45, 2.75) is 13.0 Å². The van der Waals surface area contributed by atoms with Crippen molar-refractivity contribution >= 4 is 43.7 Å². The molecule has 144 valence electrons. The minimum absolute atomic E-state index is 0.0883. The van der Waals surface area contributed by atoms with E-state index in [0.29, 0.717) is 18.0 Å². The molecule has 8 heteroatoms. The number of carbonyl (C=O) groups excluding carboxylic acids is 2. The molecule has 0 aromatic heterocycles. The number of amides is 2. The van der Waals surface area contributed by atoms with Crippen LogP contribution >= 0.6 is 31.9 Å². The lowest BCUT2D eigenvalue weighted by molar-refractivity contribution is -0.125.